The van der Waals surface area contributed by atoms with E-state index in [4.69, 9.17) is 5.11 Å². The van der Waals surface area contributed by atoms with Gasteiger partial charge in [-0.05, 0) is 29.7 Å². The van der Waals surface area contributed by atoms with Crippen molar-refractivity contribution in [1.82, 2.24) is 0 Å². The smallest absolute Gasteiger partial charge is 0.272 e. The largest absolute Gasteiger partial charge is 0.508 e. The maximum Gasteiger partial charge on any atom is 0.272 e. The summed E-state index contributed by atoms with van der Waals surface area (Å²) in [4.78, 5) is 0.0422. The topological polar surface area (TPSA) is 20.2 Å². The lowest BCUT2D eigenvalue weighted by atomic mass is 10.2. The molecule has 1 heterocycles. The monoisotopic (exact) mass is 200 g/mol. The van der Waals surface area contributed by atoms with Crippen LogP contribution in [0.15, 0.2) is 24.3 Å². The van der Waals surface area contributed by atoms with Crippen molar-refractivity contribution >= 4 is 21.4 Å². The fourth-order valence-corrected chi connectivity index (χ4v) is 2.10. The zero-order chi connectivity index (χ0) is 9.42. The van der Waals surface area contributed by atoms with Crippen LogP contribution in [0.25, 0.3) is 10.1 Å². The molecule has 68 valence electrons. The molecule has 0 bridgehead atoms. The third kappa shape index (κ3) is 1.49. The number of thiophene rings is 1. The maximum absolute atomic E-state index is 12.3. The minimum atomic E-state index is -2.43. The highest BCUT2D eigenvalue weighted by Crippen LogP contribution is 2.33. The molecule has 2 aromatic rings. The SMILES string of the molecule is Oc1ccc2cc(C(F)F)sc2c1. The number of fused-ring (bicyclic) bond motifs is 1. The number of hydrogen-bond donors (Lipinski definition) is 1. The highest BCUT2D eigenvalue weighted by atomic mass is 32.1. The van der Waals surface area contributed by atoms with Gasteiger partial charge in [-0.25, -0.2) is 8.78 Å². The Balaban J connectivity index is 2.62. The molecule has 13 heavy (non-hydrogen) atoms. The Kier molecular flexibility index (Phi) is 1.92. The summed E-state index contributed by atoms with van der Waals surface area (Å²) in [6.07, 6.45) is -2.43. The van der Waals surface area contributed by atoms with Gasteiger partial charge in [0.2, 0.25) is 0 Å². The van der Waals surface area contributed by atoms with Gasteiger partial charge in [-0.2, -0.15) is 0 Å². The lowest BCUT2D eigenvalue weighted by Crippen LogP contribution is -1.72. The molecule has 0 fully saturated rings. The van der Waals surface area contributed by atoms with Crippen molar-refractivity contribution in [2.75, 3.05) is 0 Å². The Morgan fingerprint density at radius 1 is 1.23 bits per heavy atom. The minimum absolute atomic E-state index is 0.0422. The first kappa shape index (κ1) is 8.44. The van der Waals surface area contributed by atoms with Crippen LogP contribution < -0.4 is 0 Å². The van der Waals surface area contributed by atoms with Gasteiger partial charge in [0.05, 0.1) is 4.88 Å². The molecule has 0 aliphatic carbocycles. The number of alkyl halides is 2. The van der Waals surface area contributed by atoms with Gasteiger partial charge >= 0.3 is 0 Å². The molecule has 0 radical (unpaired) electrons. The minimum Gasteiger partial charge on any atom is -0.508 e. The normalized spacial score (nSPS) is 11.3. The molecule has 1 nitrogen and oxygen atoms in total. The van der Waals surface area contributed by atoms with E-state index in [9.17, 15) is 8.78 Å². The van der Waals surface area contributed by atoms with E-state index >= 15 is 0 Å². The van der Waals surface area contributed by atoms with Gasteiger partial charge < -0.3 is 5.11 Å². The van der Waals surface area contributed by atoms with Gasteiger partial charge in [0.15, 0.2) is 0 Å². The predicted octanol–water partition coefficient (Wildman–Crippen LogP) is 3.54. The third-order valence-corrected chi connectivity index (χ3v) is 2.84. The zero-order valence-corrected chi connectivity index (χ0v) is 7.31. The molecule has 1 aromatic heterocycles. The van der Waals surface area contributed by atoms with E-state index < -0.39 is 6.43 Å². The molecule has 2 rings (SSSR count). The van der Waals surface area contributed by atoms with Crippen molar-refractivity contribution in [3.63, 3.8) is 0 Å². The van der Waals surface area contributed by atoms with E-state index in [-0.39, 0.29) is 10.6 Å². The fourth-order valence-electron chi connectivity index (χ4n) is 1.15. The van der Waals surface area contributed by atoms with E-state index in [0.29, 0.717) is 4.70 Å². The molecule has 0 saturated heterocycles. The standard InChI is InChI=1S/C9H6F2OS/c10-9(11)8-3-5-1-2-6(12)4-7(5)13-8/h1-4,9,12H. The second-order valence-corrected chi connectivity index (χ2v) is 3.79. The molecule has 0 saturated carbocycles. The van der Waals surface area contributed by atoms with Gasteiger partial charge in [0.25, 0.3) is 6.43 Å². The van der Waals surface area contributed by atoms with Crippen LogP contribution in [0.3, 0.4) is 0 Å². The zero-order valence-electron chi connectivity index (χ0n) is 6.50. The summed E-state index contributed by atoms with van der Waals surface area (Å²) in [6.45, 7) is 0. The summed E-state index contributed by atoms with van der Waals surface area (Å²) < 4.78 is 25.2. The number of phenolic OH excluding ortho intramolecular Hbond substituents is 1. The van der Waals surface area contributed by atoms with Gasteiger partial charge in [0, 0.05) is 4.70 Å². The third-order valence-electron chi connectivity index (χ3n) is 1.74. The van der Waals surface area contributed by atoms with Crippen LogP contribution in [0.4, 0.5) is 8.78 Å². The van der Waals surface area contributed by atoms with Crippen LogP contribution in [-0.4, -0.2) is 5.11 Å². The quantitative estimate of drug-likeness (QED) is 0.746. The summed E-state index contributed by atoms with van der Waals surface area (Å²) in [5, 5.41) is 9.85. The van der Waals surface area contributed by atoms with Gasteiger partial charge in [-0.3, -0.25) is 0 Å². The van der Waals surface area contributed by atoms with E-state index in [1.165, 1.54) is 18.2 Å². The molecule has 1 N–H and O–H groups in total. The second kappa shape index (κ2) is 2.96. The first-order chi connectivity index (χ1) is 6.16. The lowest BCUT2D eigenvalue weighted by Gasteiger charge is -1.89. The van der Waals surface area contributed by atoms with Crippen LogP contribution in [0.2, 0.25) is 0 Å². The highest BCUT2D eigenvalue weighted by molar-refractivity contribution is 7.19. The molecule has 0 unspecified atom stereocenters. The molecule has 4 heteroatoms. The molecule has 0 atom stereocenters. The molecule has 0 aliphatic rings. The first-order valence-electron chi connectivity index (χ1n) is 3.67. The molecular formula is C9H6F2OS. The lowest BCUT2D eigenvalue weighted by molar-refractivity contribution is 0.156. The summed E-state index contributed by atoms with van der Waals surface area (Å²) in [5.74, 6) is 0.107. The van der Waals surface area contributed by atoms with Crippen LogP contribution in [0.5, 0.6) is 5.75 Å². The van der Waals surface area contributed by atoms with E-state index in [1.54, 1.807) is 6.07 Å². The van der Waals surface area contributed by atoms with Crippen molar-refractivity contribution in [2.24, 2.45) is 0 Å². The van der Waals surface area contributed by atoms with Crippen LogP contribution in [0, 0.1) is 0 Å². The number of rotatable bonds is 1. The summed E-state index contributed by atoms with van der Waals surface area (Å²) in [5.41, 5.74) is 0. The number of halogens is 2. The van der Waals surface area contributed by atoms with E-state index in [1.807, 2.05) is 0 Å². The number of benzene rings is 1. The van der Waals surface area contributed by atoms with E-state index in [2.05, 4.69) is 0 Å². The van der Waals surface area contributed by atoms with Crippen molar-refractivity contribution in [2.45, 2.75) is 6.43 Å². The van der Waals surface area contributed by atoms with Crippen molar-refractivity contribution in [3.8, 4) is 5.75 Å². The number of aromatic hydroxyl groups is 1. The van der Waals surface area contributed by atoms with Gasteiger partial charge in [-0.15, -0.1) is 11.3 Å². The highest BCUT2D eigenvalue weighted by Gasteiger charge is 2.11. The first-order valence-corrected chi connectivity index (χ1v) is 4.49. The van der Waals surface area contributed by atoms with Crippen LogP contribution in [-0.2, 0) is 0 Å². The van der Waals surface area contributed by atoms with E-state index in [0.717, 1.165) is 16.7 Å². The number of hydrogen-bond acceptors (Lipinski definition) is 2. The van der Waals surface area contributed by atoms with Crippen molar-refractivity contribution in [3.05, 3.63) is 29.1 Å². The Morgan fingerprint density at radius 3 is 2.69 bits per heavy atom. The Labute approximate surface area is 77.2 Å². The Bertz CT molecular complexity index is 436. The average Bonchev–Trinajstić information content (AvgIpc) is 2.46. The van der Waals surface area contributed by atoms with Crippen LogP contribution in [0.1, 0.15) is 11.3 Å². The Morgan fingerprint density at radius 2 is 2.00 bits per heavy atom. The van der Waals surface area contributed by atoms with Crippen molar-refractivity contribution in [1.29, 1.82) is 0 Å². The average molecular weight is 200 g/mol. The summed E-state index contributed by atoms with van der Waals surface area (Å²) in [7, 11) is 0. The summed E-state index contributed by atoms with van der Waals surface area (Å²) in [6, 6.07) is 6.06. The van der Waals surface area contributed by atoms with Crippen LogP contribution >= 0.6 is 11.3 Å². The summed E-state index contributed by atoms with van der Waals surface area (Å²) >= 11 is 1.01. The molecule has 0 aliphatic heterocycles. The molecular weight excluding hydrogens is 194 g/mol. The van der Waals surface area contributed by atoms with Gasteiger partial charge in [0.1, 0.15) is 5.75 Å². The molecule has 1 aromatic carbocycles. The fraction of sp³-hybridized carbons (Fsp3) is 0.111. The predicted molar refractivity (Wildman–Crippen MR) is 48.4 cm³/mol. The Hall–Kier alpha value is -1.16. The molecule has 0 amide bonds. The number of phenols is 1. The second-order valence-electron chi connectivity index (χ2n) is 2.67. The maximum atomic E-state index is 12.3. The molecule has 0 spiro atoms. The van der Waals surface area contributed by atoms with Crippen molar-refractivity contribution < 1.29 is 13.9 Å². The van der Waals surface area contributed by atoms with Gasteiger partial charge in [-0.1, -0.05) is 0 Å².